The lowest BCUT2D eigenvalue weighted by Gasteiger charge is -2.21. The van der Waals surface area contributed by atoms with Crippen molar-refractivity contribution in [1.29, 1.82) is 0 Å². The van der Waals surface area contributed by atoms with Crippen molar-refractivity contribution in [2.24, 2.45) is 0 Å². The maximum atomic E-state index is 16.0. The maximum absolute atomic E-state index is 16.0. The quantitative estimate of drug-likeness (QED) is 0.0705. The van der Waals surface area contributed by atoms with Crippen molar-refractivity contribution in [2.75, 3.05) is 45.6 Å². The number of non-ortho nitro benzene ring substituents is 1. The predicted octanol–water partition coefficient (Wildman–Crippen LogP) is 6.15. The SMILES string of the molecule is CN1CCCC1CCNC(=O)c1cn2c3cc4oc5cc([N+](=O)[O-])ccc5[nH]c4cc3oc3c(NCCC4CCCN4C)c(F)cc(c1=O)c32. The minimum Gasteiger partial charge on any atom is -0.453 e. The van der Waals surface area contributed by atoms with E-state index in [2.05, 4.69) is 39.5 Å². The monoisotopic (exact) mass is 683 g/mol. The van der Waals surface area contributed by atoms with Crippen molar-refractivity contribution in [1.82, 2.24) is 24.5 Å². The Bertz CT molecular complexity index is 2410. The van der Waals surface area contributed by atoms with Crippen LogP contribution in [0, 0.1) is 15.9 Å². The number of hydrogen-bond donors (Lipinski definition) is 3. The Balaban J connectivity index is 1.28. The lowest BCUT2D eigenvalue weighted by Crippen LogP contribution is -2.34. The second kappa shape index (κ2) is 12.6. The lowest BCUT2D eigenvalue weighted by atomic mass is 10.1. The third-order valence-electron chi connectivity index (χ3n) is 10.5. The number of H-pyrrole nitrogens is 1. The first-order valence-corrected chi connectivity index (χ1v) is 17.1. The molecule has 2 aliphatic heterocycles. The molecule has 3 N–H and O–H groups in total. The van der Waals surface area contributed by atoms with Gasteiger partial charge in [0, 0.05) is 49.6 Å². The molecule has 3 aromatic heterocycles. The number of carbonyl (C=O) groups excluding carboxylic acids is 1. The number of nitrogens with one attached hydrogen (secondary N) is 3. The molecule has 0 aliphatic carbocycles. The third kappa shape index (κ3) is 5.57. The van der Waals surface area contributed by atoms with E-state index in [1.165, 1.54) is 24.4 Å². The minimum atomic E-state index is -0.656. The number of amides is 1. The predicted molar refractivity (Wildman–Crippen MR) is 189 cm³/mol. The van der Waals surface area contributed by atoms with Gasteiger partial charge in [-0.3, -0.25) is 19.7 Å². The van der Waals surface area contributed by atoms with Crippen LogP contribution in [0.25, 0.3) is 49.8 Å². The number of rotatable bonds is 9. The lowest BCUT2D eigenvalue weighted by molar-refractivity contribution is -0.384. The Labute approximate surface area is 284 Å². The molecule has 8 rings (SSSR count). The van der Waals surface area contributed by atoms with E-state index in [0.717, 1.165) is 51.6 Å². The summed E-state index contributed by atoms with van der Waals surface area (Å²) in [5.74, 6) is -1.20. The van der Waals surface area contributed by atoms with Gasteiger partial charge in [-0.1, -0.05) is 0 Å². The normalized spacial score (nSPS) is 18.7. The zero-order valence-electron chi connectivity index (χ0n) is 27.9. The van der Waals surface area contributed by atoms with Gasteiger partial charge in [0.05, 0.1) is 32.9 Å². The summed E-state index contributed by atoms with van der Waals surface area (Å²) in [6.07, 6.45) is 7.40. The van der Waals surface area contributed by atoms with Crippen LogP contribution in [-0.2, 0) is 0 Å². The van der Waals surface area contributed by atoms with Gasteiger partial charge in [0.25, 0.3) is 11.6 Å². The summed E-state index contributed by atoms with van der Waals surface area (Å²) >= 11 is 0. The first kappa shape index (κ1) is 32.0. The zero-order valence-corrected chi connectivity index (χ0v) is 27.9. The molecule has 6 aromatic rings. The molecular formula is C36H38FN7O6. The summed E-state index contributed by atoms with van der Waals surface area (Å²) in [7, 11) is 4.16. The van der Waals surface area contributed by atoms with Crippen LogP contribution in [0.5, 0.6) is 0 Å². The highest BCUT2D eigenvalue weighted by Gasteiger charge is 2.26. The summed E-state index contributed by atoms with van der Waals surface area (Å²) < 4.78 is 30.3. The van der Waals surface area contributed by atoms with Gasteiger partial charge < -0.3 is 38.7 Å². The van der Waals surface area contributed by atoms with Gasteiger partial charge in [0.1, 0.15) is 16.8 Å². The Hall–Kier alpha value is -5.21. The highest BCUT2D eigenvalue weighted by atomic mass is 19.1. The van der Waals surface area contributed by atoms with Crippen LogP contribution in [0.15, 0.2) is 56.2 Å². The molecule has 2 atom stereocenters. The molecule has 2 unspecified atom stereocenters. The van der Waals surface area contributed by atoms with Crippen molar-refractivity contribution < 1.29 is 22.9 Å². The molecular weight excluding hydrogens is 645 g/mol. The van der Waals surface area contributed by atoms with Gasteiger partial charge in [-0.25, -0.2) is 4.39 Å². The number of carbonyl (C=O) groups is 1. The largest absolute Gasteiger partial charge is 0.453 e. The number of aromatic amines is 1. The van der Waals surface area contributed by atoms with Crippen molar-refractivity contribution in [3.05, 3.63) is 74.3 Å². The number of fused-ring (bicyclic) bond motifs is 4. The molecule has 50 heavy (non-hydrogen) atoms. The van der Waals surface area contributed by atoms with Crippen molar-refractivity contribution in [3.8, 4) is 0 Å². The average Bonchev–Trinajstić information content (AvgIpc) is 3.71. The molecule has 260 valence electrons. The molecule has 14 heteroatoms. The number of halogens is 1. The Morgan fingerprint density at radius 2 is 1.70 bits per heavy atom. The van der Waals surface area contributed by atoms with Gasteiger partial charge in [-0.2, -0.15) is 0 Å². The van der Waals surface area contributed by atoms with Gasteiger partial charge >= 0.3 is 0 Å². The van der Waals surface area contributed by atoms with E-state index in [0.29, 0.717) is 58.4 Å². The summed E-state index contributed by atoms with van der Waals surface area (Å²) in [4.78, 5) is 46.2. The van der Waals surface area contributed by atoms with Crippen LogP contribution in [0.4, 0.5) is 15.8 Å². The Morgan fingerprint density at radius 1 is 0.980 bits per heavy atom. The summed E-state index contributed by atoms with van der Waals surface area (Å²) in [6.45, 7) is 2.93. The second-order valence-electron chi connectivity index (χ2n) is 13.6. The second-order valence-corrected chi connectivity index (χ2v) is 13.6. The molecule has 5 heterocycles. The number of likely N-dealkylation sites (tertiary alicyclic amines) is 2. The highest BCUT2D eigenvalue weighted by molar-refractivity contribution is 6.07. The van der Waals surface area contributed by atoms with Gasteiger partial charge in [-0.15, -0.1) is 0 Å². The number of anilines is 1. The number of nitro groups is 1. The van der Waals surface area contributed by atoms with E-state index >= 15 is 4.39 Å². The number of benzene rings is 3. The van der Waals surface area contributed by atoms with Crippen LogP contribution in [0.3, 0.4) is 0 Å². The fourth-order valence-corrected chi connectivity index (χ4v) is 7.73. The maximum Gasteiger partial charge on any atom is 0.273 e. The molecule has 13 nitrogen and oxygen atoms in total. The average molecular weight is 684 g/mol. The van der Waals surface area contributed by atoms with Crippen molar-refractivity contribution in [2.45, 2.75) is 50.6 Å². The topological polar surface area (TPSA) is 154 Å². The molecule has 0 radical (unpaired) electrons. The number of hydrogen-bond acceptors (Lipinski definition) is 9. The van der Waals surface area contributed by atoms with Gasteiger partial charge in [0.2, 0.25) is 5.43 Å². The van der Waals surface area contributed by atoms with E-state index in [4.69, 9.17) is 8.83 Å². The first-order chi connectivity index (χ1) is 24.2. The van der Waals surface area contributed by atoms with Crippen LogP contribution in [0.2, 0.25) is 0 Å². The Morgan fingerprint density at radius 3 is 2.40 bits per heavy atom. The third-order valence-corrected chi connectivity index (χ3v) is 10.5. The van der Waals surface area contributed by atoms with Crippen molar-refractivity contribution in [3.63, 3.8) is 0 Å². The molecule has 3 aromatic carbocycles. The standard InChI is InChI=1S/C36H38FN7O6/c1-41-13-3-5-20(41)9-11-38-32-25(37)16-23-33-35(32)50-31-17-27-30(49-29-15-22(44(47)48)7-8-26(29)40-27)18-28(31)43(33)19-24(34(23)45)36(46)39-12-10-21-6-4-14-42(21)2/h7-8,15-21,38,40H,3-6,9-14H2,1-2H3,(H,39,46). The van der Waals surface area contributed by atoms with Crippen molar-refractivity contribution >= 4 is 67.1 Å². The van der Waals surface area contributed by atoms with Crippen LogP contribution in [-0.4, -0.2) is 82.4 Å². The molecule has 0 bridgehead atoms. The summed E-state index contributed by atoms with van der Waals surface area (Å²) in [6, 6.07) is 9.58. The zero-order chi connectivity index (χ0) is 34.7. The van der Waals surface area contributed by atoms with E-state index < -0.39 is 22.1 Å². The Kier molecular flexibility index (Phi) is 8.07. The minimum absolute atomic E-state index is 0.00476. The first-order valence-electron chi connectivity index (χ1n) is 17.1. The van der Waals surface area contributed by atoms with E-state index in [1.54, 1.807) is 22.6 Å². The summed E-state index contributed by atoms with van der Waals surface area (Å²) in [5.41, 5.74) is 2.19. The molecule has 2 fully saturated rings. The molecule has 2 aliphatic rings. The smallest absolute Gasteiger partial charge is 0.273 e. The van der Waals surface area contributed by atoms with E-state index in [-0.39, 0.29) is 33.5 Å². The fraction of sp³-hybridized carbons (Fsp3) is 0.389. The van der Waals surface area contributed by atoms with Crippen LogP contribution >= 0.6 is 0 Å². The van der Waals surface area contributed by atoms with E-state index in [9.17, 15) is 19.7 Å². The summed E-state index contributed by atoms with van der Waals surface area (Å²) in [5, 5.41) is 17.6. The molecule has 0 spiro atoms. The molecule has 1 amide bonds. The van der Waals surface area contributed by atoms with Gasteiger partial charge in [-0.05, 0) is 77.8 Å². The van der Waals surface area contributed by atoms with Gasteiger partial charge in [0.15, 0.2) is 28.1 Å². The number of aromatic nitrogens is 2. The van der Waals surface area contributed by atoms with E-state index in [1.807, 2.05) is 0 Å². The van der Waals surface area contributed by atoms with Crippen LogP contribution in [0.1, 0.15) is 48.9 Å². The molecule has 2 saturated heterocycles. The number of nitro benzene ring substituents is 1. The molecule has 0 saturated carbocycles. The highest BCUT2D eigenvalue weighted by Crippen LogP contribution is 2.36. The van der Waals surface area contributed by atoms with Crippen LogP contribution < -0.4 is 16.1 Å². The number of nitrogens with zero attached hydrogens (tertiary/aromatic N) is 4. The fourth-order valence-electron chi connectivity index (χ4n) is 7.73. The number of pyridine rings is 1.